The molecule has 0 aliphatic rings. The molecule has 0 aromatic carbocycles. The van der Waals surface area contributed by atoms with Crippen molar-refractivity contribution in [1.29, 1.82) is 0 Å². The molecule has 14 heavy (non-hydrogen) atoms. The Balaban J connectivity index is 2.95. The number of pyridine rings is 1. The number of nitrogen functional groups attached to an aromatic ring is 1. The molecule has 0 spiro atoms. The minimum atomic E-state index is 0.409. The first-order chi connectivity index (χ1) is 6.69. The van der Waals surface area contributed by atoms with E-state index >= 15 is 0 Å². The van der Waals surface area contributed by atoms with Crippen LogP contribution in [0.1, 0.15) is 11.3 Å². The van der Waals surface area contributed by atoms with E-state index in [9.17, 15) is 0 Å². The predicted octanol–water partition coefficient (Wildman–Crippen LogP) is 1.43. The number of aromatic nitrogens is 1. The molecule has 1 aromatic heterocycles. The Labute approximate surface area is 83.4 Å². The summed E-state index contributed by atoms with van der Waals surface area (Å²) in [6, 6.07) is 3.65. The maximum Gasteiger partial charge on any atom is 0.134 e. The molecule has 2 N–H and O–H groups in total. The first kappa shape index (κ1) is 10.5. The van der Waals surface area contributed by atoms with E-state index in [1.165, 1.54) is 0 Å². The van der Waals surface area contributed by atoms with E-state index in [1.54, 1.807) is 14.2 Å². The normalized spacial score (nSPS) is 9.86. The highest BCUT2D eigenvalue weighted by atomic mass is 16.5. The molecular formula is C10H14N2O2. The van der Waals surface area contributed by atoms with E-state index in [0.29, 0.717) is 23.7 Å². The van der Waals surface area contributed by atoms with Crippen molar-refractivity contribution in [3.63, 3.8) is 0 Å². The van der Waals surface area contributed by atoms with Crippen LogP contribution in [0.2, 0.25) is 0 Å². The lowest BCUT2D eigenvalue weighted by Gasteiger charge is -2.08. The van der Waals surface area contributed by atoms with Crippen molar-refractivity contribution in [3.05, 3.63) is 30.0 Å². The van der Waals surface area contributed by atoms with Crippen molar-refractivity contribution in [1.82, 2.24) is 4.98 Å². The van der Waals surface area contributed by atoms with Gasteiger partial charge >= 0.3 is 0 Å². The van der Waals surface area contributed by atoms with Crippen molar-refractivity contribution < 1.29 is 9.47 Å². The summed E-state index contributed by atoms with van der Waals surface area (Å²) >= 11 is 0. The van der Waals surface area contributed by atoms with Crippen molar-refractivity contribution in [3.8, 4) is 0 Å². The highest BCUT2D eigenvalue weighted by molar-refractivity contribution is 5.66. The minimum absolute atomic E-state index is 0.409. The first-order valence-electron chi connectivity index (χ1n) is 4.16. The zero-order valence-corrected chi connectivity index (χ0v) is 8.41. The average molecular weight is 194 g/mol. The summed E-state index contributed by atoms with van der Waals surface area (Å²) in [5.41, 5.74) is 7.23. The molecule has 0 atom stereocenters. The summed E-state index contributed by atoms with van der Waals surface area (Å²) in [6.45, 7) is 4.15. The third kappa shape index (κ3) is 2.23. The molecule has 0 bridgehead atoms. The fraction of sp³-hybridized carbons (Fsp3) is 0.300. The van der Waals surface area contributed by atoms with Gasteiger partial charge in [-0.3, -0.25) is 0 Å². The van der Waals surface area contributed by atoms with Crippen LogP contribution in [0.3, 0.4) is 0 Å². The van der Waals surface area contributed by atoms with Gasteiger partial charge in [0.15, 0.2) is 0 Å². The third-order valence-electron chi connectivity index (χ3n) is 1.82. The molecule has 76 valence electrons. The zero-order valence-electron chi connectivity index (χ0n) is 8.41. The van der Waals surface area contributed by atoms with Gasteiger partial charge in [-0.1, -0.05) is 6.58 Å². The second kappa shape index (κ2) is 4.62. The Hall–Kier alpha value is -1.55. The van der Waals surface area contributed by atoms with Crippen LogP contribution >= 0.6 is 0 Å². The van der Waals surface area contributed by atoms with Gasteiger partial charge in [-0.2, -0.15) is 0 Å². The molecule has 4 nitrogen and oxygen atoms in total. The summed E-state index contributed by atoms with van der Waals surface area (Å²) in [7, 11) is 3.16. The van der Waals surface area contributed by atoms with Gasteiger partial charge in [-0.05, 0) is 12.1 Å². The monoisotopic (exact) mass is 194 g/mol. The SMILES string of the molecule is C=C(OC)c1ccc(COC)nc1N. The molecule has 0 saturated heterocycles. The Bertz CT molecular complexity index is 337. The van der Waals surface area contributed by atoms with Gasteiger partial charge in [0.05, 0.1) is 25.0 Å². The van der Waals surface area contributed by atoms with Gasteiger partial charge in [0, 0.05) is 7.11 Å². The standard InChI is InChI=1S/C10H14N2O2/c1-7(14-3)9-5-4-8(6-13-2)12-10(9)11/h4-5H,1,6H2,2-3H3,(H2,11,12). The third-order valence-corrected chi connectivity index (χ3v) is 1.82. The van der Waals surface area contributed by atoms with Gasteiger partial charge in [0.2, 0.25) is 0 Å². The highest BCUT2D eigenvalue weighted by Gasteiger charge is 2.05. The van der Waals surface area contributed by atoms with Gasteiger partial charge in [0.25, 0.3) is 0 Å². The molecule has 1 rings (SSSR count). The van der Waals surface area contributed by atoms with E-state index < -0.39 is 0 Å². The molecule has 0 aliphatic carbocycles. The van der Waals surface area contributed by atoms with Crippen LogP contribution in [-0.4, -0.2) is 19.2 Å². The van der Waals surface area contributed by atoms with Crippen molar-refractivity contribution >= 4 is 11.6 Å². The van der Waals surface area contributed by atoms with E-state index in [1.807, 2.05) is 12.1 Å². The second-order valence-electron chi connectivity index (χ2n) is 2.80. The second-order valence-corrected chi connectivity index (χ2v) is 2.80. The number of methoxy groups -OCH3 is 2. The van der Waals surface area contributed by atoms with E-state index in [4.69, 9.17) is 15.2 Å². The van der Waals surface area contributed by atoms with Crippen LogP contribution in [0, 0.1) is 0 Å². The van der Waals surface area contributed by atoms with Crippen LogP contribution in [0.15, 0.2) is 18.7 Å². The number of nitrogens with zero attached hydrogens (tertiary/aromatic N) is 1. The average Bonchev–Trinajstić information content (AvgIpc) is 2.17. The lowest BCUT2D eigenvalue weighted by Crippen LogP contribution is -2.01. The quantitative estimate of drug-likeness (QED) is 0.736. The Morgan fingerprint density at radius 1 is 1.50 bits per heavy atom. The number of hydrogen-bond donors (Lipinski definition) is 1. The number of rotatable bonds is 4. The summed E-state index contributed by atoms with van der Waals surface area (Å²) in [5.74, 6) is 0.922. The van der Waals surface area contributed by atoms with Gasteiger partial charge in [-0.15, -0.1) is 0 Å². The molecule has 1 heterocycles. The molecule has 1 aromatic rings. The molecule has 0 radical (unpaired) electrons. The Kier molecular flexibility index (Phi) is 3.48. The summed E-state index contributed by atoms with van der Waals surface area (Å²) < 4.78 is 9.91. The van der Waals surface area contributed by atoms with Gasteiger partial charge < -0.3 is 15.2 Å². The fourth-order valence-corrected chi connectivity index (χ4v) is 1.09. The Morgan fingerprint density at radius 2 is 2.21 bits per heavy atom. The highest BCUT2D eigenvalue weighted by Crippen LogP contribution is 2.19. The van der Waals surface area contributed by atoms with E-state index in [0.717, 1.165) is 5.69 Å². The maximum atomic E-state index is 5.72. The molecular weight excluding hydrogens is 180 g/mol. The van der Waals surface area contributed by atoms with E-state index in [-0.39, 0.29) is 0 Å². The lowest BCUT2D eigenvalue weighted by molar-refractivity contribution is 0.181. The number of hydrogen-bond acceptors (Lipinski definition) is 4. The van der Waals surface area contributed by atoms with Crippen LogP contribution in [-0.2, 0) is 16.1 Å². The zero-order chi connectivity index (χ0) is 10.6. The number of nitrogens with two attached hydrogens (primary N) is 1. The summed E-state index contributed by atoms with van der Waals surface area (Å²) in [4.78, 5) is 4.14. The summed E-state index contributed by atoms with van der Waals surface area (Å²) in [6.07, 6.45) is 0. The lowest BCUT2D eigenvalue weighted by atomic mass is 10.2. The van der Waals surface area contributed by atoms with E-state index in [2.05, 4.69) is 11.6 Å². The molecule has 0 amide bonds. The molecule has 0 fully saturated rings. The van der Waals surface area contributed by atoms with Crippen LogP contribution in [0.25, 0.3) is 5.76 Å². The molecule has 0 aliphatic heterocycles. The Morgan fingerprint density at radius 3 is 2.71 bits per heavy atom. The predicted molar refractivity (Wildman–Crippen MR) is 55.4 cm³/mol. The van der Waals surface area contributed by atoms with Crippen LogP contribution in [0.4, 0.5) is 5.82 Å². The minimum Gasteiger partial charge on any atom is -0.497 e. The molecule has 0 saturated carbocycles. The molecule has 4 heteroatoms. The van der Waals surface area contributed by atoms with Gasteiger partial charge in [-0.25, -0.2) is 4.98 Å². The number of anilines is 1. The first-order valence-corrected chi connectivity index (χ1v) is 4.16. The smallest absolute Gasteiger partial charge is 0.134 e. The van der Waals surface area contributed by atoms with Gasteiger partial charge in [0.1, 0.15) is 11.6 Å². The van der Waals surface area contributed by atoms with Crippen LogP contribution in [0.5, 0.6) is 0 Å². The summed E-state index contributed by atoms with van der Waals surface area (Å²) in [5, 5.41) is 0. The van der Waals surface area contributed by atoms with Crippen LogP contribution < -0.4 is 5.73 Å². The maximum absolute atomic E-state index is 5.72. The molecule has 0 unspecified atom stereocenters. The topological polar surface area (TPSA) is 57.4 Å². The van der Waals surface area contributed by atoms with Crippen molar-refractivity contribution in [2.45, 2.75) is 6.61 Å². The largest absolute Gasteiger partial charge is 0.497 e. The van der Waals surface area contributed by atoms with Crippen molar-refractivity contribution in [2.75, 3.05) is 20.0 Å². The fourth-order valence-electron chi connectivity index (χ4n) is 1.09. The number of ether oxygens (including phenoxy) is 2. The van der Waals surface area contributed by atoms with Crippen molar-refractivity contribution in [2.24, 2.45) is 0 Å².